The van der Waals surface area contributed by atoms with Crippen molar-refractivity contribution in [2.45, 2.75) is 19.8 Å². The zero-order valence-electron chi connectivity index (χ0n) is 16.3. The molecule has 6 heteroatoms. The molecule has 1 aliphatic heterocycles. The molecule has 0 bridgehead atoms. The van der Waals surface area contributed by atoms with Crippen LogP contribution in [0.25, 0.3) is 0 Å². The topological polar surface area (TPSA) is 35.6 Å². The first-order chi connectivity index (χ1) is 13.5. The maximum Gasteiger partial charge on any atom is 0.251 e. The first kappa shape index (κ1) is 20.3. The Morgan fingerprint density at radius 1 is 1.00 bits per heavy atom. The zero-order valence-corrected chi connectivity index (χ0v) is 16.3. The second-order valence-corrected chi connectivity index (χ2v) is 7.29. The van der Waals surface area contributed by atoms with Gasteiger partial charge in [0.1, 0.15) is 11.6 Å². The Bertz CT molecular complexity index is 784. The third-order valence-electron chi connectivity index (χ3n) is 5.05. The van der Waals surface area contributed by atoms with Crippen molar-refractivity contribution >= 4 is 11.6 Å². The van der Waals surface area contributed by atoms with Crippen molar-refractivity contribution in [2.24, 2.45) is 0 Å². The van der Waals surface area contributed by atoms with Gasteiger partial charge >= 0.3 is 0 Å². The van der Waals surface area contributed by atoms with E-state index in [-0.39, 0.29) is 5.56 Å². The number of aryl methyl sites for hydroxylation is 1. The van der Waals surface area contributed by atoms with Gasteiger partial charge in [-0.05, 0) is 56.1 Å². The Morgan fingerprint density at radius 2 is 1.71 bits per heavy atom. The number of nitrogens with zero attached hydrogens (tertiary/aromatic N) is 2. The van der Waals surface area contributed by atoms with Crippen LogP contribution in [-0.4, -0.2) is 50.1 Å². The molecule has 1 fully saturated rings. The highest BCUT2D eigenvalue weighted by molar-refractivity contribution is 5.94. The number of benzene rings is 2. The summed E-state index contributed by atoms with van der Waals surface area (Å²) in [6.07, 6.45) is 1.81. The van der Waals surface area contributed by atoms with Gasteiger partial charge in [-0.3, -0.25) is 9.69 Å². The summed E-state index contributed by atoms with van der Waals surface area (Å²) in [5.41, 5.74) is 2.59. The highest BCUT2D eigenvalue weighted by Crippen LogP contribution is 2.18. The fourth-order valence-corrected chi connectivity index (χ4v) is 3.50. The molecule has 0 radical (unpaired) electrons. The Balaban J connectivity index is 1.32. The van der Waals surface area contributed by atoms with Crippen LogP contribution in [0, 0.1) is 18.6 Å². The van der Waals surface area contributed by atoms with Gasteiger partial charge in [0.05, 0.1) is 0 Å². The van der Waals surface area contributed by atoms with Gasteiger partial charge in [0.25, 0.3) is 5.91 Å². The van der Waals surface area contributed by atoms with Crippen molar-refractivity contribution in [3.63, 3.8) is 0 Å². The average Bonchev–Trinajstić information content (AvgIpc) is 2.67. The number of nitrogens with one attached hydrogen (secondary N) is 1. The van der Waals surface area contributed by atoms with Crippen LogP contribution in [0.4, 0.5) is 14.5 Å². The SMILES string of the molecule is Cc1cccc(N2CCN(CCCCNC(=O)c3cc(F)cc(F)c3)CC2)c1. The van der Waals surface area contributed by atoms with E-state index < -0.39 is 17.5 Å². The quantitative estimate of drug-likeness (QED) is 0.738. The van der Waals surface area contributed by atoms with E-state index in [1.54, 1.807) is 0 Å². The highest BCUT2D eigenvalue weighted by atomic mass is 19.1. The molecule has 0 aromatic heterocycles. The largest absolute Gasteiger partial charge is 0.369 e. The van der Waals surface area contributed by atoms with E-state index in [1.165, 1.54) is 11.3 Å². The molecule has 0 unspecified atom stereocenters. The van der Waals surface area contributed by atoms with E-state index in [4.69, 9.17) is 0 Å². The molecule has 0 saturated carbocycles. The Labute approximate surface area is 165 Å². The van der Waals surface area contributed by atoms with Gasteiger partial charge in [-0.15, -0.1) is 0 Å². The monoisotopic (exact) mass is 387 g/mol. The lowest BCUT2D eigenvalue weighted by Gasteiger charge is -2.36. The summed E-state index contributed by atoms with van der Waals surface area (Å²) < 4.78 is 26.3. The Morgan fingerprint density at radius 3 is 2.39 bits per heavy atom. The predicted molar refractivity (Wildman–Crippen MR) is 108 cm³/mol. The van der Waals surface area contributed by atoms with Gasteiger partial charge in [0.15, 0.2) is 0 Å². The maximum atomic E-state index is 13.2. The van der Waals surface area contributed by atoms with Crippen molar-refractivity contribution in [2.75, 3.05) is 44.2 Å². The lowest BCUT2D eigenvalue weighted by Crippen LogP contribution is -2.46. The van der Waals surface area contributed by atoms with Gasteiger partial charge < -0.3 is 10.2 Å². The molecular formula is C22H27F2N3O. The number of hydrogen-bond donors (Lipinski definition) is 1. The minimum atomic E-state index is -0.741. The summed E-state index contributed by atoms with van der Waals surface area (Å²) in [6.45, 7) is 7.71. The molecule has 150 valence electrons. The molecule has 1 saturated heterocycles. The van der Waals surface area contributed by atoms with Crippen molar-refractivity contribution in [1.82, 2.24) is 10.2 Å². The second-order valence-electron chi connectivity index (χ2n) is 7.29. The van der Waals surface area contributed by atoms with Gasteiger partial charge in [-0.2, -0.15) is 0 Å². The zero-order chi connectivity index (χ0) is 19.9. The molecule has 0 atom stereocenters. The minimum absolute atomic E-state index is 0.0183. The van der Waals surface area contributed by atoms with Crippen LogP contribution in [0.15, 0.2) is 42.5 Å². The van der Waals surface area contributed by atoms with Crippen LogP contribution in [0.5, 0.6) is 0 Å². The van der Waals surface area contributed by atoms with Crippen LogP contribution in [0.2, 0.25) is 0 Å². The summed E-state index contributed by atoms with van der Waals surface area (Å²) in [5.74, 6) is -1.92. The van der Waals surface area contributed by atoms with Crippen LogP contribution in [-0.2, 0) is 0 Å². The minimum Gasteiger partial charge on any atom is -0.369 e. The van der Waals surface area contributed by atoms with E-state index in [2.05, 4.69) is 46.3 Å². The van der Waals surface area contributed by atoms with Gasteiger partial charge in [0.2, 0.25) is 0 Å². The summed E-state index contributed by atoms with van der Waals surface area (Å²) in [5, 5.41) is 2.73. The average molecular weight is 387 g/mol. The number of halogens is 2. The van der Waals surface area contributed by atoms with Crippen LogP contribution in [0.3, 0.4) is 0 Å². The third-order valence-corrected chi connectivity index (χ3v) is 5.05. The molecular weight excluding hydrogens is 360 g/mol. The lowest BCUT2D eigenvalue weighted by atomic mass is 10.2. The fourth-order valence-electron chi connectivity index (χ4n) is 3.50. The first-order valence-corrected chi connectivity index (χ1v) is 9.79. The van der Waals surface area contributed by atoms with E-state index in [0.29, 0.717) is 6.54 Å². The molecule has 4 nitrogen and oxygen atoms in total. The molecule has 2 aromatic rings. The van der Waals surface area contributed by atoms with Gasteiger partial charge in [-0.1, -0.05) is 12.1 Å². The normalized spacial score (nSPS) is 14.9. The Kier molecular flexibility index (Phi) is 6.98. The molecule has 1 amide bonds. The smallest absolute Gasteiger partial charge is 0.251 e. The second kappa shape index (κ2) is 9.64. The van der Waals surface area contributed by atoms with Gasteiger partial charge in [0, 0.05) is 50.0 Å². The van der Waals surface area contributed by atoms with Crippen LogP contribution in [0.1, 0.15) is 28.8 Å². The van der Waals surface area contributed by atoms with E-state index in [0.717, 1.165) is 63.8 Å². The molecule has 28 heavy (non-hydrogen) atoms. The van der Waals surface area contributed by atoms with E-state index in [1.807, 2.05) is 0 Å². The molecule has 1 heterocycles. The standard InChI is InChI=1S/C22H27F2N3O/c1-17-5-4-6-21(13-17)27-11-9-26(10-12-27)8-3-2-7-25-22(28)18-14-19(23)16-20(24)15-18/h4-6,13-16H,2-3,7-12H2,1H3,(H,25,28). The van der Waals surface area contributed by atoms with Crippen molar-refractivity contribution < 1.29 is 13.6 Å². The van der Waals surface area contributed by atoms with Gasteiger partial charge in [-0.25, -0.2) is 8.78 Å². The molecule has 0 spiro atoms. The number of amides is 1. The summed E-state index contributed by atoms with van der Waals surface area (Å²) in [7, 11) is 0. The maximum absolute atomic E-state index is 13.2. The molecule has 1 aliphatic rings. The first-order valence-electron chi connectivity index (χ1n) is 9.79. The number of rotatable bonds is 7. The summed E-state index contributed by atoms with van der Waals surface area (Å²) in [6, 6.07) is 11.5. The van der Waals surface area contributed by atoms with E-state index in [9.17, 15) is 13.6 Å². The van der Waals surface area contributed by atoms with Crippen LogP contribution < -0.4 is 10.2 Å². The number of carbonyl (C=O) groups excluding carboxylic acids is 1. The number of hydrogen-bond acceptors (Lipinski definition) is 3. The van der Waals surface area contributed by atoms with E-state index >= 15 is 0 Å². The number of carbonyl (C=O) groups is 1. The molecule has 3 rings (SSSR count). The summed E-state index contributed by atoms with van der Waals surface area (Å²) in [4.78, 5) is 16.8. The van der Waals surface area contributed by atoms with Crippen molar-refractivity contribution in [1.29, 1.82) is 0 Å². The van der Waals surface area contributed by atoms with Crippen LogP contribution >= 0.6 is 0 Å². The predicted octanol–water partition coefficient (Wildman–Crippen LogP) is 3.61. The van der Waals surface area contributed by atoms with Crippen molar-refractivity contribution in [3.8, 4) is 0 Å². The van der Waals surface area contributed by atoms with Crippen molar-refractivity contribution in [3.05, 3.63) is 65.2 Å². The Hall–Kier alpha value is -2.47. The third kappa shape index (κ3) is 5.76. The summed E-state index contributed by atoms with van der Waals surface area (Å²) >= 11 is 0. The molecule has 2 aromatic carbocycles. The lowest BCUT2D eigenvalue weighted by molar-refractivity contribution is 0.0951. The number of unbranched alkanes of at least 4 members (excludes halogenated alkanes) is 1. The fraction of sp³-hybridized carbons (Fsp3) is 0.409. The number of anilines is 1. The molecule has 1 N–H and O–H groups in total. The molecule has 0 aliphatic carbocycles. The highest BCUT2D eigenvalue weighted by Gasteiger charge is 2.16. The number of piperazine rings is 1.